The highest BCUT2D eigenvalue weighted by molar-refractivity contribution is 14.0. The lowest BCUT2D eigenvalue weighted by Gasteiger charge is -2.11. The van der Waals surface area contributed by atoms with Crippen LogP contribution in [0.25, 0.3) is 0 Å². The quantitative estimate of drug-likeness (QED) is 0.241. The van der Waals surface area contributed by atoms with Crippen molar-refractivity contribution in [3.05, 3.63) is 50.1 Å². The van der Waals surface area contributed by atoms with Crippen molar-refractivity contribution in [2.24, 2.45) is 4.99 Å². The molecule has 0 aliphatic rings. The molecule has 1 heterocycles. The molecule has 2 N–H and O–H groups in total. The SMILES string of the molecule is CN=C(NCCc1nc(C(F)(F)F)cs1)NCc1cc(F)cc(Br)c1.I. The molecule has 0 radical (unpaired) electrons. The summed E-state index contributed by atoms with van der Waals surface area (Å²) in [5, 5.41) is 7.39. The third-order valence-electron chi connectivity index (χ3n) is 3.08. The summed E-state index contributed by atoms with van der Waals surface area (Å²) >= 11 is 4.19. The van der Waals surface area contributed by atoms with Gasteiger partial charge in [0.2, 0.25) is 0 Å². The number of hydrogen-bond donors (Lipinski definition) is 2. The summed E-state index contributed by atoms with van der Waals surface area (Å²) in [5.41, 5.74) is -0.142. The van der Waals surface area contributed by atoms with Gasteiger partial charge in [-0.25, -0.2) is 9.37 Å². The zero-order valence-electron chi connectivity index (χ0n) is 13.5. The van der Waals surface area contributed by atoms with Crippen LogP contribution in [-0.4, -0.2) is 24.5 Å². The summed E-state index contributed by atoms with van der Waals surface area (Å²) in [6.45, 7) is 0.725. The van der Waals surface area contributed by atoms with Crippen molar-refractivity contribution in [1.82, 2.24) is 15.6 Å². The van der Waals surface area contributed by atoms with Crippen LogP contribution in [0.15, 0.2) is 33.0 Å². The Labute approximate surface area is 177 Å². The van der Waals surface area contributed by atoms with Gasteiger partial charge in [-0.2, -0.15) is 13.2 Å². The van der Waals surface area contributed by atoms with E-state index in [1.54, 1.807) is 13.1 Å². The van der Waals surface area contributed by atoms with Gasteiger partial charge in [-0.3, -0.25) is 4.99 Å². The highest BCUT2D eigenvalue weighted by atomic mass is 127. The maximum Gasteiger partial charge on any atom is 0.434 e. The monoisotopic (exact) mass is 566 g/mol. The number of guanidine groups is 1. The van der Waals surface area contributed by atoms with Crippen LogP contribution in [0.5, 0.6) is 0 Å². The Morgan fingerprint density at radius 3 is 2.58 bits per heavy atom. The first kappa shape index (κ1) is 23.1. The topological polar surface area (TPSA) is 49.3 Å². The van der Waals surface area contributed by atoms with E-state index >= 15 is 0 Å². The van der Waals surface area contributed by atoms with Crippen molar-refractivity contribution >= 4 is 57.2 Å². The standard InChI is InChI=1S/C15H15BrF4N4S.HI/c1-21-14(23-7-9-4-10(16)6-11(17)5-9)22-3-2-13-24-12(8-25-13)15(18,19)20;/h4-6,8H,2-3,7H2,1H3,(H2,21,22,23);1H. The second-order valence-electron chi connectivity index (χ2n) is 5.00. The van der Waals surface area contributed by atoms with Crippen LogP contribution >= 0.6 is 51.2 Å². The van der Waals surface area contributed by atoms with Crippen molar-refractivity contribution in [2.75, 3.05) is 13.6 Å². The Morgan fingerprint density at radius 2 is 2.00 bits per heavy atom. The number of aliphatic imine (C=N–C) groups is 1. The van der Waals surface area contributed by atoms with E-state index in [4.69, 9.17) is 0 Å². The average molecular weight is 567 g/mol. The number of halogens is 6. The molecule has 4 nitrogen and oxygen atoms in total. The van der Waals surface area contributed by atoms with Crippen molar-refractivity contribution in [3.63, 3.8) is 0 Å². The molecule has 1 aromatic heterocycles. The Hall–Kier alpha value is -0.950. The van der Waals surface area contributed by atoms with Gasteiger partial charge in [-0.05, 0) is 23.8 Å². The molecule has 1 aromatic carbocycles. The smallest absolute Gasteiger partial charge is 0.356 e. The lowest BCUT2D eigenvalue weighted by molar-refractivity contribution is -0.140. The molecule has 0 saturated heterocycles. The van der Waals surface area contributed by atoms with Crippen LogP contribution in [0.3, 0.4) is 0 Å². The molecule has 0 spiro atoms. The minimum atomic E-state index is -4.42. The van der Waals surface area contributed by atoms with Gasteiger partial charge in [0.25, 0.3) is 0 Å². The number of aromatic nitrogens is 1. The normalized spacial score (nSPS) is 11.8. The fourth-order valence-electron chi connectivity index (χ4n) is 1.96. The number of alkyl halides is 3. The van der Waals surface area contributed by atoms with Crippen molar-refractivity contribution in [1.29, 1.82) is 0 Å². The maximum absolute atomic E-state index is 13.3. The summed E-state index contributed by atoms with van der Waals surface area (Å²) in [6, 6.07) is 4.54. The molecule has 0 bridgehead atoms. The van der Waals surface area contributed by atoms with Crippen LogP contribution in [0.1, 0.15) is 16.3 Å². The molecule has 11 heteroatoms. The van der Waals surface area contributed by atoms with Gasteiger partial charge in [-0.15, -0.1) is 35.3 Å². The van der Waals surface area contributed by atoms with E-state index in [0.717, 1.165) is 22.3 Å². The predicted molar refractivity (Wildman–Crippen MR) is 109 cm³/mol. The predicted octanol–water partition coefficient (Wildman–Crippen LogP) is 4.59. The molecule has 0 aliphatic heterocycles. The molecule has 0 fully saturated rings. The zero-order chi connectivity index (χ0) is 18.4. The summed E-state index contributed by atoms with van der Waals surface area (Å²) in [4.78, 5) is 7.58. The first-order valence-electron chi connectivity index (χ1n) is 7.19. The fourth-order valence-corrected chi connectivity index (χ4v) is 3.28. The molecule has 144 valence electrons. The van der Waals surface area contributed by atoms with E-state index in [1.165, 1.54) is 12.1 Å². The molecule has 0 amide bonds. The molecular formula is C15H16BrF4IN4S. The molecule has 0 atom stereocenters. The lowest BCUT2D eigenvalue weighted by Crippen LogP contribution is -2.37. The minimum absolute atomic E-state index is 0. The first-order valence-corrected chi connectivity index (χ1v) is 8.86. The van der Waals surface area contributed by atoms with Gasteiger partial charge in [0.05, 0.1) is 5.01 Å². The van der Waals surface area contributed by atoms with E-state index < -0.39 is 11.9 Å². The Bertz CT molecular complexity index is 731. The number of nitrogens with one attached hydrogen (secondary N) is 2. The summed E-state index contributed by atoms with van der Waals surface area (Å²) in [7, 11) is 1.57. The third kappa shape index (κ3) is 7.35. The number of rotatable bonds is 5. The van der Waals surface area contributed by atoms with Crippen molar-refractivity contribution in [2.45, 2.75) is 19.1 Å². The first-order chi connectivity index (χ1) is 11.8. The number of thiazole rings is 1. The van der Waals surface area contributed by atoms with Crippen molar-refractivity contribution < 1.29 is 17.6 Å². The van der Waals surface area contributed by atoms with Crippen LogP contribution in [0.4, 0.5) is 17.6 Å². The largest absolute Gasteiger partial charge is 0.434 e. The van der Waals surface area contributed by atoms with Crippen LogP contribution in [0, 0.1) is 5.82 Å². The van der Waals surface area contributed by atoms with Crippen LogP contribution < -0.4 is 10.6 Å². The molecule has 0 unspecified atom stereocenters. The van der Waals surface area contributed by atoms with E-state index in [1.807, 2.05) is 0 Å². The van der Waals surface area contributed by atoms with E-state index in [2.05, 4.69) is 36.5 Å². The molecule has 0 saturated carbocycles. The van der Waals surface area contributed by atoms with E-state index in [9.17, 15) is 17.6 Å². The van der Waals surface area contributed by atoms with Gasteiger partial charge in [-0.1, -0.05) is 15.9 Å². The second-order valence-corrected chi connectivity index (χ2v) is 6.86. The van der Waals surface area contributed by atoms with E-state index in [-0.39, 0.29) is 29.8 Å². The number of hydrogen-bond acceptors (Lipinski definition) is 3. The molecular weight excluding hydrogens is 551 g/mol. The highest BCUT2D eigenvalue weighted by Gasteiger charge is 2.33. The summed E-state index contributed by atoms with van der Waals surface area (Å²) in [5.74, 6) is 0.117. The Balaban J connectivity index is 0.00000338. The van der Waals surface area contributed by atoms with Gasteiger partial charge in [0.1, 0.15) is 5.82 Å². The highest BCUT2D eigenvalue weighted by Crippen LogP contribution is 2.29. The van der Waals surface area contributed by atoms with Gasteiger partial charge in [0.15, 0.2) is 11.7 Å². The fraction of sp³-hybridized carbons (Fsp3) is 0.333. The van der Waals surface area contributed by atoms with E-state index in [0.29, 0.717) is 35.0 Å². The summed E-state index contributed by atoms with van der Waals surface area (Å²) in [6.07, 6.45) is -4.08. The molecule has 2 rings (SSSR count). The third-order valence-corrected chi connectivity index (χ3v) is 4.45. The van der Waals surface area contributed by atoms with Gasteiger partial charge < -0.3 is 10.6 Å². The molecule has 26 heavy (non-hydrogen) atoms. The molecule has 0 aliphatic carbocycles. The van der Waals surface area contributed by atoms with Gasteiger partial charge >= 0.3 is 6.18 Å². The molecule has 2 aromatic rings. The Morgan fingerprint density at radius 1 is 1.27 bits per heavy atom. The number of nitrogens with zero attached hydrogens (tertiary/aromatic N) is 2. The summed E-state index contributed by atoms with van der Waals surface area (Å²) < 4.78 is 51.4. The van der Waals surface area contributed by atoms with Crippen LogP contribution in [-0.2, 0) is 19.1 Å². The van der Waals surface area contributed by atoms with Gasteiger partial charge in [0, 0.05) is 36.4 Å². The Kier molecular flexibility index (Phi) is 9.24. The zero-order valence-corrected chi connectivity index (χ0v) is 18.3. The lowest BCUT2D eigenvalue weighted by atomic mass is 10.2. The number of benzene rings is 1. The minimum Gasteiger partial charge on any atom is -0.356 e. The second kappa shape index (κ2) is 10.4. The average Bonchev–Trinajstić information content (AvgIpc) is 2.99. The maximum atomic E-state index is 13.3. The van der Waals surface area contributed by atoms with Crippen LogP contribution in [0.2, 0.25) is 0 Å². The van der Waals surface area contributed by atoms with Crippen molar-refractivity contribution in [3.8, 4) is 0 Å².